The molecule has 1 aliphatic rings. The van der Waals surface area contributed by atoms with Crippen molar-refractivity contribution in [3.63, 3.8) is 0 Å². The van der Waals surface area contributed by atoms with Crippen LogP contribution in [0.5, 0.6) is 5.75 Å². The zero-order valence-corrected chi connectivity index (χ0v) is 11.8. The van der Waals surface area contributed by atoms with Crippen LogP contribution < -0.4 is 10.5 Å². The highest BCUT2D eigenvalue weighted by Crippen LogP contribution is 2.29. The van der Waals surface area contributed by atoms with E-state index in [9.17, 15) is 0 Å². The summed E-state index contributed by atoms with van der Waals surface area (Å²) in [5, 5.41) is 0.671. The van der Waals surface area contributed by atoms with Gasteiger partial charge in [0.1, 0.15) is 11.9 Å². The molecule has 1 saturated heterocycles. The molecule has 1 aromatic rings. The van der Waals surface area contributed by atoms with E-state index in [-0.39, 0.29) is 0 Å². The summed E-state index contributed by atoms with van der Waals surface area (Å²) in [6.45, 7) is 0.537. The van der Waals surface area contributed by atoms with Crippen molar-refractivity contribution in [3.05, 3.63) is 34.9 Å². The van der Waals surface area contributed by atoms with Crippen LogP contribution in [0.2, 0.25) is 5.02 Å². The molecule has 18 heavy (non-hydrogen) atoms. The van der Waals surface area contributed by atoms with Gasteiger partial charge in [0.15, 0.2) is 0 Å². The Kier molecular flexibility index (Phi) is 5.42. The van der Waals surface area contributed by atoms with E-state index < -0.39 is 0 Å². The Labute approximate surface area is 118 Å². The van der Waals surface area contributed by atoms with Crippen molar-refractivity contribution in [3.8, 4) is 5.75 Å². The summed E-state index contributed by atoms with van der Waals surface area (Å²) < 4.78 is 5.94. The van der Waals surface area contributed by atoms with E-state index in [1.807, 2.05) is 42.1 Å². The fraction of sp³-hybridized carbons (Fsp3) is 0.429. The van der Waals surface area contributed by atoms with Crippen molar-refractivity contribution in [2.45, 2.75) is 18.9 Å². The van der Waals surface area contributed by atoms with Crippen molar-refractivity contribution >= 4 is 29.4 Å². The first-order valence-electron chi connectivity index (χ1n) is 6.20. The molecule has 98 valence electrons. The van der Waals surface area contributed by atoms with E-state index in [2.05, 4.69) is 0 Å². The van der Waals surface area contributed by atoms with Crippen LogP contribution in [0.4, 0.5) is 0 Å². The van der Waals surface area contributed by atoms with Crippen molar-refractivity contribution in [2.75, 3.05) is 18.1 Å². The Morgan fingerprint density at radius 1 is 1.50 bits per heavy atom. The molecule has 0 bridgehead atoms. The second-order valence-corrected chi connectivity index (χ2v) is 5.84. The predicted octanol–water partition coefficient (Wildman–Crippen LogP) is 3.59. The normalized spacial score (nSPS) is 20.2. The maximum atomic E-state index is 6.23. The molecule has 4 heteroatoms. The Bertz CT molecular complexity index is 416. The molecule has 0 aliphatic carbocycles. The molecule has 1 unspecified atom stereocenters. The second-order valence-electron chi connectivity index (χ2n) is 4.28. The lowest BCUT2D eigenvalue weighted by Gasteiger charge is -2.23. The minimum Gasteiger partial charge on any atom is -0.488 e. The lowest BCUT2D eigenvalue weighted by molar-refractivity contribution is 0.211. The van der Waals surface area contributed by atoms with E-state index in [0.717, 1.165) is 23.5 Å². The van der Waals surface area contributed by atoms with Crippen molar-refractivity contribution < 1.29 is 4.74 Å². The van der Waals surface area contributed by atoms with Gasteiger partial charge in [-0.1, -0.05) is 29.8 Å². The van der Waals surface area contributed by atoms with Gasteiger partial charge >= 0.3 is 0 Å². The number of nitrogens with two attached hydrogens (primary N) is 1. The SMILES string of the molecule is NC/C=C/c1ccc(OC2CCCSC2)c(Cl)c1. The van der Waals surface area contributed by atoms with Gasteiger partial charge in [-0.25, -0.2) is 0 Å². The van der Waals surface area contributed by atoms with Gasteiger partial charge in [0.2, 0.25) is 0 Å². The summed E-state index contributed by atoms with van der Waals surface area (Å²) in [6.07, 6.45) is 6.52. The number of ether oxygens (including phenoxy) is 1. The number of benzene rings is 1. The Morgan fingerprint density at radius 2 is 2.39 bits per heavy atom. The lowest BCUT2D eigenvalue weighted by Crippen LogP contribution is -2.23. The summed E-state index contributed by atoms with van der Waals surface area (Å²) in [4.78, 5) is 0. The van der Waals surface area contributed by atoms with Crippen LogP contribution in [0.25, 0.3) is 6.08 Å². The molecular formula is C14H18ClNOS. The topological polar surface area (TPSA) is 35.2 Å². The van der Waals surface area contributed by atoms with E-state index >= 15 is 0 Å². The highest BCUT2D eigenvalue weighted by Gasteiger charge is 2.16. The largest absolute Gasteiger partial charge is 0.488 e. The van der Waals surface area contributed by atoms with Crippen LogP contribution >= 0.6 is 23.4 Å². The lowest BCUT2D eigenvalue weighted by atomic mass is 10.2. The van der Waals surface area contributed by atoms with Gasteiger partial charge in [-0.15, -0.1) is 0 Å². The smallest absolute Gasteiger partial charge is 0.138 e. The van der Waals surface area contributed by atoms with E-state index in [0.29, 0.717) is 17.7 Å². The molecule has 1 aliphatic heterocycles. The maximum Gasteiger partial charge on any atom is 0.138 e. The molecule has 2 rings (SSSR count). The number of rotatable bonds is 4. The molecule has 0 saturated carbocycles. The summed E-state index contributed by atoms with van der Waals surface area (Å²) in [5.74, 6) is 3.09. The molecule has 0 radical (unpaired) electrons. The molecule has 2 nitrogen and oxygen atoms in total. The molecule has 1 fully saturated rings. The average Bonchev–Trinajstić information content (AvgIpc) is 2.40. The molecule has 1 heterocycles. The van der Waals surface area contributed by atoms with Crippen LogP contribution in [0.3, 0.4) is 0 Å². The van der Waals surface area contributed by atoms with Crippen LogP contribution in [0.15, 0.2) is 24.3 Å². The second kappa shape index (κ2) is 7.07. The summed E-state index contributed by atoms with van der Waals surface area (Å²) in [5.41, 5.74) is 6.47. The zero-order valence-electron chi connectivity index (χ0n) is 10.3. The average molecular weight is 284 g/mol. The monoisotopic (exact) mass is 283 g/mol. The Hall–Kier alpha value is -0.640. The molecular weight excluding hydrogens is 266 g/mol. The van der Waals surface area contributed by atoms with Crippen LogP contribution in [-0.4, -0.2) is 24.2 Å². The number of hydrogen-bond acceptors (Lipinski definition) is 3. The van der Waals surface area contributed by atoms with Gasteiger partial charge in [-0.2, -0.15) is 11.8 Å². The van der Waals surface area contributed by atoms with Gasteiger partial charge in [0.05, 0.1) is 5.02 Å². The quantitative estimate of drug-likeness (QED) is 0.917. The van der Waals surface area contributed by atoms with Crippen molar-refractivity contribution in [2.24, 2.45) is 5.73 Å². The predicted molar refractivity (Wildman–Crippen MR) is 80.5 cm³/mol. The van der Waals surface area contributed by atoms with E-state index in [1.54, 1.807) is 0 Å². The fourth-order valence-corrected chi connectivity index (χ4v) is 3.17. The first-order valence-corrected chi connectivity index (χ1v) is 7.73. The standard InChI is InChI=1S/C14H18ClNOS/c15-13-9-11(3-1-7-16)5-6-14(13)17-12-4-2-8-18-10-12/h1,3,5-6,9,12H,2,4,7-8,10,16H2/b3-1+. The molecule has 0 amide bonds. The molecule has 0 aromatic heterocycles. The molecule has 1 aromatic carbocycles. The van der Waals surface area contributed by atoms with E-state index in [4.69, 9.17) is 22.1 Å². The molecule has 1 atom stereocenters. The first-order chi connectivity index (χ1) is 8.79. The van der Waals surface area contributed by atoms with E-state index in [1.165, 1.54) is 12.2 Å². The minimum atomic E-state index is 0.298. The molecule has 2 N–H and O–H groups in total. The third kappa shape index (κ3) is 3.94. The summed E-state index contributed by atoms with van der Waals surface area (Å²) >= 11 is 8.18. The summed E-state index contributed by atoms with van der Waals surface area (Å²) in [7, 11) is 0. The first kappa shape index (κ1) is 13.8. The minimum absolute atomic E-state index is 0.298. The van der Waals surface area contributed by atoms with Crippen LogP contribution in [0, 0.1) is 0 Å². The zero-order chi connectivity index (χ0) is 12.8. The Balaban J connectivity index is 2.02. The van der Waals surface area contributed by atoms with Gasteiger partial charge in [0, 0.05) is 12.3 Å². The highest BCUT2D eigenvalue weighted by atomic mass is 35.5. The maximum absolute atomic E-state index is 6.23. The summed E-state index contributed by atoms with van der Waals surface area (Å²) in [6, 6.07) is 5.86. The van der Waals surface area contributed by atoms with Crippen molar-refractivity contribution in [1.29, 1.82) is 0 Å². The molecule has 0 spiro atoms. The highest BCUT2D eigenvalue weighted by molar-refractivity contribution is 7.99. The van der Waals surface area contributed by atoms with Gasteiger partial charge in [0.25, 0.3) is 0 Å². The third-order valence-electron chi connectivity index (χ3n) is 2.81. The number of halogens is 1. The van der Waals surface area contributed by atoms with Gasteiger partial charge in [-0.05, 0) is 36.3 Å². The van der Waals surface area contributed by atoms with Crippen molar-refractivity contribution in [1.82, 2.24) is 0 Å². The van der Waals surface area contributed by atoms with Crippen LogP contribution in [0.1, 0.15) is 18.4 Å². The van der Waals surface area contributed by atoms with Crippen LogP contribution in [-0.2, 0) is 0 Å². The number of thioether (sulfide) groups is 1. The van der Waals surface area contributed by atoms with Gasteiger partial charge in [-0.3, -0.25) is 0 Å². The third-order valence-corrected chi connectivity index (χ3v) is 4.29. The Morgan fingerprint density at radius 3 is 3.06 bits per heavy atom. The fourth-order valence-electron chi connectivity index (χ4n) is 1.90. The van der Waals surface area contributed by atoms with Gasteiger partial charge < -0.3 is 10.5 Å². The number of hydrogen-bond donors (Lipinski definition) is 1.